The molecule has 1 heterocycles. The van der Waals surface area contributed by atoms with Gasteiger partial charge in [-0.25, -0.2) is 0 Å². The minimum Gasteiger partial charge on any atom is -0.348 e. The van der Waals surface area contributed by atoms with Crippen LogP contribution < -0.4 is 5.32 Å². The lowest BCUT2D eigenvalue weighted by atomic mass is 10.0. The monoisotopic (exact) mass is 280 g/mol. The molecule has 21 heavy (non-hydrogen) atoms. The van der Waals surface area contributed by atoms with Crippen LogP contribution in [-0.4, -0.2) is 37.0 Å². The van der Waals surface area contributed by atoms with Crippen LogP contribution in [0.2, 0.25) is 0 Å². The number of rotatable bonds is 3. The minimum absolute atomic E-state index is 0.0231. The number of nitrogens with one attached hydrogen (secondary N) is 1. The molecule has 0 spiro atoms. The summed E-state index contributed by atoms with van der Waals surface area (Å²) < 4.78 is 0. The molecule has 1 saturated heterocycles. The molecule has 3 heteroatoms. The van der Waals surface area contributed by atoms with Crippen LogP contribution in [-0.2, 0) is 0 Å². The van der Waals surface area contributed by atoms with Crippen molar-refractivity contribution >= 4 is 5.91 Å². The normalized spacial score (nSPS) is 18.6. The summed E-state index contributed by atoms with van der Waals surface area (Å²) in [6, 6.07) is 18.3. The fourth-order valence-corrected chi connectivity index (χ4v) is 2.77. The van der Waals surface area contributed by atoms with Gasteiger partial charge in [0.2, 0.25) is 0 Å². The van der Waals surface area contributed by atoms with Gasteiger partial charge in [0.25, 0.3) is 5.91 Å². The summed E-state index contributed by atoms with van der Waals surface area (Å²) >= 11 is 0. The number of hydrogen-bond donors (Lipinski definition) is 1. The molecule has 1 aliphatic rings. The van der Waals surface area contributed by atoms with E-state index < -0.39 is 0 Å². The Hall–Kier alpha value is -2.13. The predicted octanol–water partition coefficient (Wildman–Crippen LogP) is 2.79. The van der Waals surface area contributed by atoms with Gasteiger partial charge in [0.15, 0.2) is 0 Å². The lowest BCUT2D eigenvalue weighted by Crippen LogP contribution is -2.36. The number of carbonyl (C=O) groups is 1. The molecule has 1 N–H and O–H groups in total. The summed E-state index contributed by atoms with van der Waals surface area (Å²) in [5.74, 6) is 0.0231. The number of carbonyl (C=O) groups excluding carboxylic acids is 1. The first-order valence-electron chi connectivity index (χ1n) is 7.37. The van der Waals surface area contributed by atoms with Crippen LogP contribution in [0.3, 0.4) is 0 Å². The van der Waals surface area contributed by atoms with Crippen LogP contribution in [0.15, 0.2) is 54.6 Å². The summed E-state index contributed by atoms with van der Waals surface area (Å²) in [5, 5.41) is 3.10. The molecular formula is C18H20N2O. The van der Waals surface area contributed by atoms with E-state index in [1.54, 1.807) is 0 Å². The summed E-state index contributed by atoms with van der Waals surface area (Å²) in [4.78, 5) is 14.5. The quantitative estimate of drug-likeness (QED) is 0.937. The molecule has 0 saturated carbocycles. The SMILES string of the molecule is CN1CC[C@H](NC(=O)c2ccc(-c3ccccc3)cc2)C1. The van der Waals surface area contributed by atoms with Crippen molar-refractivity contribution in [1.29, 1.82) is 0 Å². The van der Waals surface area contributed by atoms with Crippen LogP contribution in [0.4, 0.5) is 0 Å². The zero-order valence-electron chi connectivity index (χ0n) is 12.3. The first-order chi connectivity index (χ1) is 10.2. The highest BCUT2D eigenvalue weighted by Crippen LogP contribution is 2.19. The van der Waals surface area contributed by atoms with Crippen molar-refractivity contribution in [3.63, 3.8) is 0 Å². The van der Waals surface area contributed by atoms with Gasteiger partial charge in [-0.05, 0) is 43.3 Å². The van der Waals surface area contributed by atoms with Crippen LogP contribution in [0.1, 0.15) is 16.8 Å². The van der Waals surface area contributed by atoms with E-state index in [1.165, 1.54) is 5.56 Å². The third kappa shape index (κ3) is 3.31. The van der Waals surface area contributed by atoms with E-state index in [4.69, 9.17) is 0 Å². The molecule has 0 radical (unpaired) electrons. The topological polar surface area (TPSA) is 32.3 Å². The van der Waals surface area contributed by atoms with E-state index in [2.05, 4.69) is 29.4 Å². The van der Waals surface area contributed by atoms with Crippen molar-refractivity contribution in [3.8, 4) is 11.1 Å². The van der Waals surface area contributed by atoms with Gasteiger partial charge < -0.3 is 10.2 Å². The largest absolute Gasteiger partial charge is 0.348 e. The molecule has 0 bridgehead atoms. The van der Waals surface area contributed by atoms with Gasteiger partial charge in [0.1, 0.15) is 0 Å². The van der Waals surface area contributed by atoms with Gasteiger partial charge in [-0.2, -0.15) is 0 Å². The Morgan fingerprint density at radius 2 is 1.71 bits per heavy atom. The van der Waals surface area contributed by atoms with Crippen LogP contribution in [0.25, 0.3) is 11.1 Å². The average molecular weight is 280 g/mol. The van der Waals surface area contributed by atoms with E-state index in [-0.39, 0.29) is 11.9 Å². The second-order valence-electron chi connectivity index (χ2n) is 5.66. The average Bonchev–Trinajstić information content (AvgIpc) is 2.93. The smallest absolute Gasteiger partial charge is 0.251 e. The maximum Gasteiger partial charge on any atom is 0.251 e. The fourth-order valence-electron chi connectivity index (χ4n) is 2.77. The highest BCUT2D eigenvalue weighted by atomic mass is 16.1. The van der Waals surface area contributed by atoms with Crippen molar-refractivity contribution in [2.24, 2.45) is 0 Å². The van der Waals surface area contributed by atoms with Crippen LogP contribution in [0, 0.1) is 0 Å². The van der Waals surface area contributed by atoms with E-state index in [0.29, 0.717) is 0 Å². The highest BCUT2D eigenvalue weighted by Gasteiger charge is 2.21. The third-order valence-electron chi connectivity index (χ3n) is 3.98. The molecule has 108 valence electrons. The molecular weight excluding hydrogens is 260 g/mol. The number of hydrogen-bond acceptors (Lipinski definition) is 2. The standard InChI is InChI=1S/C18H20N2O/c1-20-12-11-17(13-20)19-18(21)16-9-7-15(8-10-16)14-5-3-2-4-6-14/h2-10,17H,11-13H2,1H3,(H,19,21)/t17-/m0/s1. The number of likely N-dealkylation sites (tertiary alicyclic amines) is 1. The zero-order valence-corrected chi connectivity index (χ0v) is 12.3. The highest BCUT2D eigenvalue weighted by molar-refractivity contribution is 5.94. The summed E-state index contributed by atoms with van der Waals surface area (Å²) in [6.07, 6.45) is 1.03. The molecule has 3 nitrogen and oxygen atoms in total. The molecule has 1 atom stereocenters. The van der Waals surface area contributed by atoms with E-state index in [0.717, 1.165) is 30.6 Å². The third-order valence-corrected chi connectivity index (χ3v) is 3.98. The molecule has 3 rings (SSSR count). The number of nitrogens with zero attached hydrogens (tertiary/aromatic N) is 1. The Bertz CT molecular complexity index is 607. The Balaban J connectivity index is 1.68. The first kappa shape index (κ1) is 13.8. The van der Waals surface area contributed by atoms with Crippen molar-refractivity contribution < 1.29 is 4.79 Å². The molecule has 0 unspecified atom stereocenters. The Morgan fingerprint density at radius 3 is 2.33 bits per heavy atom. The summed E-state index contributed by atoms with van der Waals surface area (Å²) in [6.45, 7) is 1.99. The van der Waals surface area contributed by atoms with Crippen molar-refractivity contribution in [2.75, 3.05) is 20.1 Å². The van der Waals surface area contributed by atoms with Gasteiger partial charge in [-0.15, -0.1) is 0 Å². The minimum atomic E-state index is 0.0231. The van der Waals surface area contributed by atoms with E-state index >= 15 is 0 Å². The molecule has 1 aliphatic heterocycles. The van der Waals surface area contributed by atoms with Gasteiger partial charge in [0.05, 0.1) is 0 Å². The number of amides is 1. The maximum absolute atomic E-state index is 12.2. The second kappa shape index (κ2) is 6.10. The summed E-state index contributed by atoms with van der Waals surface area (Å²) in [5.41, 5.74) is 3.03. The Labute approximate surface area is 125 Å². The molecule has 1 amide bonds. The number of benzene rings is 2. The van der Waals surface area contributed by atoms with Crippen molar-refractivity contribution in [2.45, 2.75) is 12.5 Å². The zero-order chi connectivity index (χ0) is 14.7. The second-order valence-corrected chi connectivity index (χ2v) is 5.66. The first-order valence-corrected chi connectivity index (χ1v) is 7.37. The van der Waals surface area contributed by atoms with Gasteiger partial charge in [-0.1, -0.05) is 42.5 Å². The van der Waals surface area contributed by atoms with Crippen LogP contribution in [0.5, 0.6) is 0 Å². The predicted molar refractivity (Wildman–Crippen MR) is 85.2 cm³/mol. The lowest BCUT2D eigenvalue weighted by Gasteiger charge is -2.13. The molecule has 0 aliphatic carbocycles. The fraction of sp³-hybridized carbons (Fsp3) is 0.278. The summed E-state index contributed by atoms with van der Waals surface area (Å²) in [7, 11) is 2.08. The number of likely N-dealkylation sites (N-methyl/N-ethyl adjacent to an activating group) is 1. The Morgan fingerprint density at radius 1 is 1.05 bits per heavy atom. The van der Waals surface area contributed by atoms with Crippen molar-refractivity contribution in [1.82, 2.24) is 10.2 Å². The lowest BCUT2D eigenvalue weighted by molar-refractivity contribution is 0.0938. The molecule has 1 fully saturated rings. The maximum atomic E-state index is 12.2. The van der Waals surface area contributed by atoms with E-state index in [1.807, 2.05) is 42.5 Å². The van der Waals surface area contributed by atoms with Gasteiger partial charge >= 0.3 is 0 Å². The molecule has 0 aromatic heterocycles. The van der Waals surface area contributed by atoms with Crippen LogP contribution >= 0.6 is 0 Å². The van der Waals surface area contributed by atoms with Gasteiger partial charge in [0, 0.05) is 18.2 Å². The molecule has 2 aromatic rings. The van der Waals surface area contributed by atoms with Gasteiger partial charge in [-0.3, -0.25) is 4.79 Å². The molecule has 2 aromatic carbocycles. The Kier molecular flexibility index (Phi) is 4.02. The van der Waals surface area contributed by atoms with E-state index in [9.17, 15) is 4.79 Å². The van der Waals surface area contributed by atoms with Crippen molar-refractivity contribution in [3.05, 3.63) is 60.2 Å².